The second-order valence-corrected chi connectivity index (χ2v) is 5.54. The van der Waals surface area contributed by atoms with E-state index in [0.717, 1.165) is 11.2 Å². The number of hydrogen-bond donors (Lipinski definition) is 1. The fraction of sp³-hybridized carbons (Fsp3) is 0.200. The van der Waals surface area contributed by atoms with Crippen LogP contribution >= 0.6 is 15.9 Å². The van der Waals surface area contributed by atoms with Gasteiger partial charge in [0.15, 0.2) is 4.73 Å². The Balaban J connectivity index is 1.97. The molecule has 3 rings (SSSR count). The second-order valence-electron chi connectivity index (χ2n) is 4.83. The van der Waals surface area contributed by atoms with Gasteiger partial charge in [0, 0.05) is 0 Å². The second kappa shape index (κ2) is 6.33. The third-order valence-corrected chi connectivity index (χ3v) is 3.52. The van der Waals surface area contributed by atoms with Gasteiger partial charge in [0.05, 0.1) is 47.7 Å². The van der Waals surface area contributed by atoms with Crippen LogP contribution in [0.2, 0.25) is 0 Å². The molecule has 1 amide bonds. The van der Waals surface area contributed by atoms with Crippen LogP contribution in [0.3, 0.4) is 0 Å². The zero-order valence-electron chi connectivity index (χ0n) is 12.6. The van der Waals surface area contributed by atoms with Crippen LogP contribution in [0.5, 0.6) is 5.75 Å². The molecule has 7 nitrogen and oxygen atoms in total. The Bertz CT molecular complexity index is 860. The van der Waals surface area contributed by atoms with Gasteiger partial charge in [-0.1, -0.05) is 0 Å². The highest BCUT2D eigenvalue weighted by Gasteiger charge is 2.16. The van der Waals surface area contributed by atoms with E-state index in [1.54, 1.807) is 16.8 Å². The van der Waals surface area contributed by atoms with Gasteiger partial charge in [-0.2, -0.15) is 5.10 Å². The molecule has 0 aliphatic heterocycles. The molecule has 0 aliphatic rings. The van der Waals surface area contributed by atoms with E-state index in [0.29, 0.717) is 28.3 Å². The van der Waals surface area contributed by atoms with Crippen molar-refractivity contribution < 1.29 is 9.53 Å². The number of nitrogens with one attached hydrogen (secondary N) is 1. The molecule has 23 heavy (non-hydrogen) atoms. The van der Waals surface area contributed by atoms with Crippen molar-refractivity contribution in [3.8, 4) is 5.75 Å². The highest BCUT2D eigenvalue weighted by atomic mass is 79.9. The summed E-state index contributed by atoms with van der Waals surface area (Å²) in [5.74, 6) is 0.180. The molecule has 0 radical (unpaired) electrons. The number of nitrogens with zero attached hydrogens (tertiary/aromatic N) is 4. The van der Waals surface area contributed by atoms with Crippen molar-refractivity contribution in [1.82, 2.24) is 19.6 Å². The molecular weight excluding hydrogens is 362 g/mol. The topological polar surface area (TPSA) is 81.4 Å². The number of hydrogen-bond acceptors (Lipinski definition) is 5. The third kappa shape index (κ3) is 3.31. The van der Waals surface area contributed by atoms with Crippen LogP contribution in [0.1, 0.15) is 23.0 Å². The van der Waals surface area contributed by atoms with E-state index in [1.165, 1.54) is 12.4 Å². The maximum Gasteiger partial charge on any atom is 0.259 e. The summed E-state index contributed by atoms with van der Waals surface area (Å²) in [6, 6.07) is 3.65. The van der Waals surface area contributed by atoms with E-state index in [4.69, 9.17) is 4.74 Å². The van der Waals surface area contributed by atoms with Crippen molar-refractivity contribution in [3.05, 3.63) is 46.7 Å². The smallest absolute Gasteiger partial charge is 0.259 e. The molecule has 0 fully saturated rings. The van der Waals surface area contributed by atoms with Gasteiger partial charge in [-0.15, -0.1) is 0 Å². The average molecular weight is 376 g/mol. The predicted octanol–water partition coefficient (Wildman–Crippen LogP) is 2.85. The van der Waals surface area contributed by atoms with E-state index in [2.05, 4.69) is 36.3 Å². The first-order valence-electron chi connectivity index (χ1n) is 6.98. The van der Waals surface area contributed by atoms with Crippen molar-refractivity contribution in [2.24, 2.45) is 0 Å². The summed E-state index contributed by atoms with van der Waals surface area (Å²) < 4.78 is 7.73. The Morgan fingerprint density at radius 3 is 2.78 bits per heavy atom. The van der Waals surface area contributed by atoms with Crippen LogP contribution in [0.25, 0.3) is 5.52 Å². The monoisotopic (exact) mass is 375 g/mol. The van der Waals surface area contributed by atoms with Gasteiger partial charge in [0.25, 0.3) is 5.91 Å². The highest BCUT2D eigenvalue weighted by molar-refractivity contribution is 9.10. The summed E-state index contributed by atoms with van der Waals surface area (Å²) >= 11 is 3.15. The summed E-state index contributed by atoms with van der Waals surface area (Å²) in [4.78, 5) is 20.5. The van der Waals surface area contributed by atoms with Gasteiger partial charge in [0.2, 0.25) is 0 Å². The van der Waals surface area contributed by atoms with Crippen LogP contribution in [0, 0.1) is 6.92 Å². The van der Waals surface area contributed by atoms with Gasteiger partial charge < -0.3 is 10.1 Å². The average Bonchev–Trinajstić information content (AvgIpc) is 2.88. The number of ether oxygens (including phenoxy) is 1. The summed E-state index contributed by atoms with van der Waals surface area (Å²) in [6.45, 7) is 4.21. The Morgan fingerprint density at radius 2 is 2.09 bits per heavy atom. The van der Waals surface area contributed by atoms with Crippen LogP contribution in [0.4, 0.5) is 5.69 Å². The minimum absolute atomic E-state index is 0.291. The lowest BCUT2D eigenvalue weighted by Gasteiger charge is -2.11. The molecular formula is C15H14BrN5O2. The molecule has 3 aromatic heterocycles. The van der Waals surface area contributed by atoms with Crippen LogP contribution in [0.15, 0.2) is 35.5 Å². The Morgan fingerprint density at radius 1 is 1.35 bits per heavy atom. The Hall–Kier alpha value is -2.48. The van der Waals surface area contributed by atoms with Crippen molar-refractivity contribution in [1.29, 1.82) is 0 Å². The minimum atomic E-state index is -0.291. The molecule has 0 atom stereocenters. The van der Waals surface area contributed by atoms with E-state index in [1.807, 2.05) is 19.9 Å². The number of carbonyl (C=O) groups excluding carboxylic acids is 1. The molecule has 1 N–H and O–H groups in total. The van der Waals surface area contributed by atoms with E-state index >= 15 is 0 Å². The van der Waals surface area contributed by atoms with Gasteiger partial charge in [-0.05, 0) is 41.9 Å². The number of aromatic nitrogens is 4. The lowest BCUT2D eigenvalue weighted by Crippen LogP contribution is -2.15. The fourth-order valence-corrected chi connectivity index (χ4v) is 2.38. The third-order valence-electron chi connectivity index (χ3n) is 3.11. The van der Waals surface area contributed by atoms with Crippen molar-refractivity contribution >= 4 is 33.0 Å². The normalized spacial score (nSPS) is 10.7. The zero-order valence-corrected chi connectivity index (χ0v) is 14.2. The van der Waals surface area contributed by atoms with Gasteiger partial charge in [-0.3, -0.25) is 4.79 Å². The van der Waals surface area contributed by atoms with E-state index in [-0.39, 0.29) is 5.91 Å². The maximum atomic E-state index is 12.6. The molecule has 0 saturated heterocycles. The van der Waals surface area contributed by atoms with Crippen LogP contribution in [-0.4, -0.2) is 32.1 Å². The Kier molecular flexibility index (Phi) is 4.24. The zero-order chi connectivity index (χ0) is 16.4. The number of carbonyl (C=O) groups is 1. The van der Waals surface area contributed by atoms with Crippen LogP contribution in [-0.2, 0) is 0 Å². The first-order chi connectivity index (χ1) is 11.1. The summed E-state index contributed by atoms with van der Waals surface area (Å²) in [6.07, 6.45) is 4.76. The number of amides is 1. The van der Waals surface area contributed by atoms with Gasteiger partial charge >= 0.3 is 0 Å². The lowest BCUT2D eigenvalue weighted by atomic mass is 10.2. The van der Waals surface area contributed by atoms with Crippen molar-refractivity contribution in [2.45, 2.75) is 13.8 Å². The minimum Gasteiger partial charge on any atom is -0.491 e. The maximum absolute atomic E-state index is 12.6. The predicted molar refractivity (Wildman–Crippen MR) is 88.8 cm³/mol. The van der Waals surface area contributed by atoms with E-state index < -0.39 is 0 Å². The number of aryl methyl sites for hydroxylation is 1. The van der Waals surface area contributed by atoms with E-state index in [9.17, 15) is 4.79 Å². The number of fused-ring (bicyclic) bond motifs is 1. The Labute approximate surface area is 140 Å². The fourth-order valence-electron chi connectivity index (χ4n) is 2.17. The molecule has 3 heterocycles. The number of halogens is 1. The van der Waals surface area contributed by atoms with Crippen molar-refractivity contribution in [3.63, 3.8) is 0 Å². The number of pyridine rings is 1. The molecule has 3 aromatic rings. The standard InChI is InChI=1S/C15H14BrN5O2/c1-3-23-13-8-21-11(4-9(2)20-21)5-12(13)14(22)19-10-6-17-15(16)18-7-10/h4-8H,3H2,1-2H3,(H,19,22). The molecule has 0 spiro atoms. The van der Waals surface area contributed by atoms with Crippen LogP contribution < -0.4 is 10.1 Å². The summed E-state index contributed by atoms with van der Waals surface area (Å²) in [7, 11) is 0. The molecule has 0 saturated carbocycles. The quantitative estimate of drug-likeness (QED) is 0.709. The molecule has 0 unspecified atom stereocenters. The highest BCUT2D eigenvalue weighted by Crippen LogP contribution is 2.23. The SMILES string of the molecule is CCOc1cn2nc(C)cc2cc1C(=O)Nc1cnc(Br)nc1. The molecule has 0 bridgehead atoms. The van der Waals surface area contributed by atoms with Gasteiger partial charge in [0.1, 0.15) is 5.75 Å². The van der Waals surface area contributed by atoms with Crippen molar-refractivity contribution in [2.75, 3.05) is 11.9 Å². The molecule has 0 aliphatic carbocycles. The molecule has 0 aromatic carbocycles. The van der Waals surface area contributed by atoms with Gasteiger partial charge in [-0.25, -0.2) is 14.5 Å². The molecule has 118 valence electrons. The lowest BCUT2D eigenvalue weighted by molar-refractivity contribution is 0.102. The first kappa shape index (κ1) is 15.4. The largest absolute Gasteiger partial charge is 0.491 e. The number of anilines is 1. The summed E-state index contributed by atoms with van der Waals surface area (Å²) in [5.41, 5.74) is 2.63. The molecule has 8 heteroatoms. The first-order valence-corrected chi connectivity index (χ1v) is 7.78. The summed E-state index contributed by atoms with van der Waals surface area (Å²) in [5, 5.41) is 7.09. The number of rotatable bonds is 4.